The van der Waals surface area contributed by atoms with E-state index in [9.17, 15) is 9.59 Å². The van der Waals surface area contributed by atoms with Crippen LogP contribution in [-0.2, 0) is 11.2 Å². The number of urea groups is 1. The fraction of sp³-hybridized carbons (Fsp3) is 0.333. The molecule has 20 heavy (non-hydrogen) atoms. The minimum absolute atomic E-state index is 0.00950. The van der Waals surface area contributed by atoms with E-state index in [0.29, 0.717) is 17.8 Å². The minimum Gasteiger partial charge on any atom is -0.481 e. The van der Waals surface area contributed by atoms with Crippen LogP contribution in [0, 0.1) is 0 Å². The molecule has 1 aromatic rings. The standard InChI is InChI=1S/C15H18N2O3/c1-11-6-8-17(9-7-11)15(20)16-13-4-2-12(3-5-13)10-14(18)19/h2-6H,7-10H2,1H3,(H,16,20)(H,18,19). The molecule has 0 saturated carbocycles. The first kappa shape index (κ1) is 14.1. The van der Waals surface area contributed by atoms with E-state index in [0.717, 1.165) is 13.0 Å². The van der Waals surface area contributed by atoms with Gasteiger partial charge >= 0.3 is 12.0 Å². The van der Waals surface area contributed by atoms with Crippen molar-refractivity contribution in [2.45, 2.75) is 19.8 Å². The molecule has 1 aromatic carbocycles. The molecule has 0 bridgehead atoms. The highest BCUT2D eigenvalue weighted by atomic mass is 16.4. The van der Waals surface area contributed by atoms with E-state index in [-0.39, 0.29) is 12.5 Å². The van der Waals surface area contributed by atoms with Crippen LogP contribution in [0.2, 0.25) is 0 Å². The van der Waals surface area contributed by atoms with Gasteiger partial charge in [0.2, 0.25) is 0 Å². The molecule has 0 unspecified atom stereocenters. The molecule has 2 N–H and O–H groups in total. The number of carboxylic acids is 1. The van der Waals surface area contributed by atoms with E-state index in [1.165, 1.54) is 5.57 Å². The van der Waals surface area contributed by atoms with E-state index >= 15 is 0 Å². The summed E-state index contributed by atoms with van der Waals surface area (Å²) in [7, 11) is 0. The van der Waals surface area contributed by atoms with Crippen LogP contribution in [0.4, 0.5) is 10.5 Å². The number of carbonyl (C=O) groups excluding carboxylic acids is 1. The Hall–Kier alpha value is -2.30. The topological polar surface area (TPSA) is 69.6 Å². The predicted octanol–water partition coefficient (Wildman–Crippen LogP) is 2.50. The van der Waals surface area contributed by atoms with Crippen LogP contribution in [0.25, 0.3) is 0 Å². The first-order valence-electron chi connectivity index (χ1n) is 6.57. The van der Waals surface area contributed by atoms with Crippen LogP contribution in [-0.4, -0.2) is 35.1 Å². The highest BCUT2D eigenvalue weighted by molar-refractivity contribution is 5.89. The normalized spacial score (nSPS) is 14.7. The molecular weight excluding hydrogens is 256 g/mol. The van der Waals surface area contributed by atoms with E-state index < -0.39 is 5.97 Å². The van der Waals surface area contributed by atoms with Crippen LogP contribution in [0.3, 0.4) is 0 Å². The maximum absolute atomic E-state index is 12.0. The summed E-state index contributed by atoms with van der Waals surface area (Å²) in [6.07, 6.45) is 2.95. The Bertz CT molecular complexity index is 535. The van der Waals surface area contributed by atoms with Gasteiger partial charge in [-0.25, -0.2) is 4.79 Å². The van der Waals surface area contributed by atoms with Crippen molar-refractivity contribution in [1.29, 1.82) is 0 Å². The number of carboxylic acid groups (broad SMARTS) is 1. The third kappa shape index (κ3) is 3.85. The van der Waals surface area contributed by atoms with Gasteiger partial charge < -0.3 is 15.3 Å². The summed E-state index contributed by atoms with van der Waals surface area (Å²) in [5.74, 6) is -0.864. The first-order chi connectivity index (χ1) is 9.54. The van der Waals surface area contributed by atoms with Gasteiger partial charge in [-0.2, -0.15) is 0 Å². The van der Waals surface area contributed by atoms with Crippen molar-refractivity contribution in [2.24, 2.45) is 0 Å². The van der Waals surface area contributed by atoms with Gasteiger partial charge in [-0.15, -0.1) is 0 Å². The molecule has 0 atom stereocenters. The number of benzene rings is 1. The van der Waals surface area contributed by atoms with Crippen LogP contribution >= 0.6 is 0 Å². The molecule has 0 saturated heterocycles. The third-order valence-electron chi connectivity index (χ3n) is 3.28. The average molecular weight is 274 g/mol. The fourth-order valence-corrected chi connectivity index (χ4v) is 2.04. The van der Waals surface area contributed by atoms with E-state index in [2.05, 4.69) is 18.3 Å². The monoisotopic (exact) mass is 274 g/mol. The molecule has 5 heteroatoms. The van der Waals surface area contributed by atoms with Crippen molar-refractivity contribution in [3.05, 3.63) is 41.5 Å². The van der Waals surface area contributed by atoms with Gasteiger partial charge in [-0.1, -0.05) is 23.8 Å². The Balaban J connectivity index is 1.93. The molecule has 0 radical (unpaired) electrons. The zero-order valence-corrected chi connectivity index (χ0v) is 11.4. The summed E-state index contributed by atoms with van der Waals surface area (Å²) < 4.78 is 0. The first-order valence-corrected chi connectivity index (χ1v) is 6.57. The van der Waals surface area contributed by atoms with Gasteiger partial charge in [0.25, 0.3) is 0 Å². The Kier molecular flexibility index (Phi) is 4.40. The minimum atomic E-state index is -0.864. The third-order valence-corrected chi connectivity index (χ3v) is 3.28. The smallest absolute Gasteiger partial charge is 0.322 e. The highest BCUT2D eigenvalue weighted by Gasteiger charge is 2.15. The fourth-order valence-electron chi connectivity index (χ4n) is 2.04. The second-order valence-corrected chi connectivity index (χ2v) is 4.94. The van der Waals surface area contributed by atoms with Crippen molar-refractivity contribution in [1.82, 2.24) is 4.90 Å². The van der Waals surface area contributed by atoms with Crippen molar-refractivity contribution in [3.63, 3.8) is 0 Å². The molecule has 0 aliphatic carbocycles. The number of amides is 2. The number of rotatable bonds is 3. The number of hydrogen-bond donors (Lipinski definition) is 2. The van der Waals surface area contributed by atoms with Gasteiger partial charge in [-0.05, 0) is 31.0 Å². The van der Waals surface area contributed by atoms with Gasteiger partial charge in [-0.3, -0.25) is 4.79 Å². The molecule has 1 aliphatic heterocycles. The van der Waals surface area contributed by atoms with Crippen molar-refractivity contribution >= 4 is 17.7 Å². The zero-order valence-electron chi connectivity index (χ0n) is 11.4. The molecule has 1 heterocycles. The Labute approximate surface area is 117 Å². The van der Waals surface area contributed by atoms with Crippen LogP contribution in [0.15, 0.2) is 35.9 Å². The number of hydrogen-bond acceptors (Lipinski definition) is 2. The summed E-state index contributed by atoms with van der Waals surface area (Å²) in [6.45, 7) is 3.43. The number of nitrogens with one attached hydrogen (secondary N) is 1. The van der Waals surface area contributed by atoms with Gasteiger partial charge in [0.1, 0.15) is 0 Å². The molecule has 2 rings (SSSR count). The summed E-state index contributed by atoms with van der Waals surface area (Å²) in [5, 5.41) is 11.5. The number of aliphatic carboxylic acids is 1. The lowest BCUT2D eigenvalue weighted by atomic mass is 10.1. The summed E-state index contributed by atoms with van der Waals surface area (Å²) in [6, 6.07) is 6.75. The number of nitrogens with zero attached hydrogens (tertiary/aromatic N) is 1. The predicted molar refractivity (Wildman–Crippen MR) is 76.7 cm³/mol. The largest absolute Gasteiger partial charge is 0.481 e. The Morgan fingerprint density at radius 1 is 1.30 bits per heavy atom. The molecule has 0 fully saturated rings. The van der Waals surface area contributed by atoms with E-state index in [1.807, 2.05) is 0 Å². The lowest BCUT2D eigenvalue weighted by Crippen LogP contribution is -2.37. The second kappa shape index (κ2) is 6.23. The highest BCUT2D eigenvalue weighted by Crippen LogP contribution is 2.14. The van der Waals surface area contributed by atoms with Crippen molar-refractivity contribution in [3.8, 4) is 0 Å². The number of carbonyl (C=O) groups is 2. The molecule has 5 nitrogen and oxygen atoms in total. The molecule has 0 aromatic heterocycles. The summed E-state index contributed by atoms with van der Waals surface area (Å²) in [4.78, 5) is 24.4. The Morgan fingerprint density at radius 3 is 2.55 bits per heavy atom. The molecule has 1 aliphatic rings. The van der Waals surface area contributed by atoms with Gasteiger partial charge in [0.15, 0.2) is 0 Å². The number of anilines is 1. The SMILES string of the molecule is CC1=CCN(C(=O)Nc2ccc(CC(=O)O)cc2)CC1. The molecule has 2 amide bonds. The lowest BCUT2D eigenvalue weighted by molar-refractivity contribution is -0.136. The second-order valence-electron chi connectivity index (χ2n) is 4.94. The maximum atomic E-state index is 12.0. The van der Waals surface area contributed by atoms with Crippen molar-refractivity contribution in [2.75, 3.05) is 18.4 Å². The zero-order chi connectivity index (χ0) is 14.5. The van der Waals surface area contributed by atoms with Crippen LogP contribution < -0.4 is 5.32 Å². The van der Waals surface area contributed by atoms with E-state index in [4.69, 9.17) is 5.11 Å². The molecular formula is C15H18N2O3. The molecule has 106 valence electrons. The summed E-state index contributed by atoms with van der Waals surface area (Å²) in [5.41, 5.74) is 2.70. The van der Waals surface area contributed by atoms with E-state index in [1.54, 1.807) is 29.2 Å². The molecule has 0 spiro atoms. The average Bonchev–Trinajstić information content (AvgIpc) is 2.41. The quantitative estimate of drug-likeness (QED) is 0.832. The van der Waals surface area contributed by atoms with Gasteiger partial charge in [0, 0.05) is 18.8 Å². The van der Waals surface area contributed by atoms with Crippen LogP contribution in [0.1, 0.15) is 18.9 Å². The lowest BCUT2D eigenvalue weighted by Gasteiger charge is -2.25. The van der Waals surface area contributed by atoms with Gasteiger partial charge in [0.05, 0.1) is 6.42 Å². The van der Waals surface area contributed by atoms with Crippen molar-refractivity contribution < 1.29 is 14.7 Å². The van der Waals surface area contributed by atoms with Crippen LogP contribution in [0.5, 0.6) is 0 Å². The maximum Gasteiger partial charge on any atom is 0.322 e. The summed E-state index contributed by atoms with van der Waals surface area (Å²) >= 11 is 0. The Morgan fingerprint density at radius 2 is 2.00 bits per heavy atom.